The molecule has 27 heavy (non-hydrogen) atoms. The molecule has 3 aromatic rings. The van der Waals surface area contributed by atoms with E-state index in [1.807, 2.05) is 4.72 Å². The Morgan fingerprint density at radius 3 is 2.63 bits per heavy atom. The lowest BCUT2D eigenvalue weighted by Gasteiger charge is -2.15. The summed E-state index contributed by atoms with van der Waals surface area (Å²) in [5, 5.41) is 4.11. The number of aromatic nitrogens is 2. The van der Waals surface area contributed by atoms with Gasteiger partial charge in [0.25, 0.3) is 10.0 Å². The highest BCUT2D eigenvalue weighted by molar-refractivity contribution is 9.10. The molecule has 0 saturated carbocycles. The Morgan fingerprint density at radius 2 is 1.96 bits per heavy atom. The number of anilines is 1. The van der Waals surface area contributed by atoms with Crippen LogP contribution in [0.15, 0.2) is 46.0 Å². The summed E-state index contributed by atoms with van der Waals surface area (Å²) in [5.74, 6) is -1.92. The van der Waals surface area contributed by atoms with Gasteiger partial charge in [-0.25, -0.2) is 17.3 Å². The van der Waals surface area contributed by atoms with Crippen LogP contribution < -0.4 is 9.46 Å². The van der Waals surface area contributed by atoms with Crippen LogP contribution in [0.1, 0.15) is 0 Å². The summed E-state index contributed by atoms with van der Waals surface area (Å²) in [6.45, 7) is 0. The molecule has 0 amide bonds. The zero-order valence-corrected chi connectivity index (χ0v) is 15.9. The van der Waals surface area contributed by atoms with E-state index in [1.54, 1.807) is 0 Å². The Bertz CT molecular complexity index is 1130. The fraction of sp³-hybridized carbons (Fsp3) is 0.0714. The molecule has 3 rings (SSSR count). The topological polar surface area (TPSA) is 72.7 Å². The van der Waals surface area contributed by atoms with E-state index < -0.39 is 33.6 Å². The van der Waals surface area contributed by atoms with E-state index >= 15 is 0 Å². The summed E-state index contributed by atoms with van der Waals surface area (Å²) in [5.41, 5.74) is -0.621. The number of hydrogen-bond donors (Lipinski definition) is 1. The number of halogens is 6. The molecule has 0 aliphatic rings. The Morgan fingerprint density at radius 1 is 1.26 bits per heavy atom. The first-order chi connectivity index (χ1) is 12.5. The average Bonchev–Trinajstić information content (AvgIpc) is 2.94. The fourth-order valence-corrected chi connectivity index (χ4v) is 3.82. The van der Waals surface area contributed by atoms with E-state index in [-0.39, 0.29) is 14.9 Å². The van der Waals surface area contributed by atoms with Crippen molar-refractivity contribution in [2.75, 3.05) is 4.72 Å². The van der Waals surface area contributed by atoms with Gasteiger partial charge in [-0.3, -0.25) is 4.72 Å². The molecule has 0 saturated heterocycles. The predicted octanol–water partition coefficient (Wildman–Crippen LogP) is 4.59. The molecule has 0 spiro atoms. The van der Waals surface area contributed by atoms with Crippen LogP contribution in [0.5, 0.6) is 5.75 Å². The summed E-state index contributed by atoms with van der Waals surface area (Å²) in [6, 6.07) is 4.00. The number of nitrogens with zero attached hydrogens (tertiary/aromatic N) is 2. The van der Waals surface area contributed by atoms with Gasteiger partial charge in [0.05, 0.1) is 26.9 Å². The van der Waals surface area contributed by atoms with Gasteiger partial charge in [-0.05, 0) is 34.1 Å². The second-order valence-corrected chi connectivity index (χ2v) is 8.04. The van der Waals surface area contributed by atoms with Crippen molar-refractivity contribution in [1.82, 2.24) is 9.61 Å². The van der Waals surface area contributed by atoms with Gasteiger partial charge in [0.2, 0.25) is 0 Å². The van der Waals surface area contributed by atoms with E-state index in [0.717, 1.165) is 6.20 Å². The second kappa shape index (κ2) is 6.84. The van der Waals surface area contributed by atoms with Crippen LogP contribution in [0.4, 0.5) is 23.2 Å². The molecule has 0 fully saturated rings. The molecule has 1 aromatic carbocycles. The van der Waals surface area contributed by atoms with Crippen LogP contribution in [0.3, 0.4) is 0 Å². The lowest BCUT2D eigenvalue weighted by atomic mass is 10.3. The van der Waals surface area contributed by atoms with Gasteiger partial charge in [-0.2, -0.15) is 5.10 Å². The summed E-state index contributed by atoms with van der Waals surface area (Å²) in [7, 11) is -4.42. The fourth-order valence-electron chi connectivity index (χ4n) is 2.16. The number of benzene rings is 1. The third kappa shape index (κ3) is 4.28. The highest BCUT2D eigenvalue weighted by atomic mass is 79.9. The average molecular weight is 489 g/mol. The van der Waals surface area contributed by atoms with Crippen molar-refractivity contribution in [3.63, 3.8) is 0 Å². The van der Waals surface area contributed by atoms with Crippen LogP contribution in [0.25, 0.3) is 5.52 Å². The zero-order valence-electron chi connectivity index (χ0n) is 12.8. The second-order valence-electron chi connectivity index (χ2n) is 5.10. The van der Waals surface area contributed by atoms with Gasteiger partial charge in [-0.1, -0.05) is 11.6 Å². The van der Waals surface area contributed by atoms with Crippen molar-refractivity contribution in [3.8, 4) is 5.75 Å². The maximum Gasteiger partial charge on any atom is 0.573 e. The third-order valence-corrected chi connectivity index (χ3v) is 5.44. The molecule has 2 aromatic heterocycles. The number of nitrogens with one attached hydrogen (secondary N) is 1. The molecule has 0 aliphatic heterocycles. The van der Waals surface area contributed by atoms with E-state index in [1.165, 1.54) is 22.8 Å². The van der Waals surface area contributed by atoms with Crippen LogP contribution in [-0.4, -0.2) is 24.4 Å². The van der Waals surface area contributed by atoms with E-state index in [0.29, 0.717) is 17.2 Å². The van der Waals surface area contributed by atoms with Gasteiger partial charge < -0.3 is 4.74 Å². The Balaban J connectivity index is 2.06. The van der Waals surface area contributed by atoms with Crippen LogP contribution in [-0.2, 0) is 10.0 Å². The van der Waals surface area contributed by atoms with Crippen molar-refractivity contribution in [2.24, 2.45) is 0 Å². The van der Waals surface area contributed by atoms with Crippen molar-refractivity contribution < 1.29 is 30.7 Å². The lowest BCUT2D eigenvalue weighted by Crippen LogP contribution is -2.20. The van der Waals surface area contributed by atoms with Crippen LogP contribution in [0.2, 0.25) is 5.02 Å². The summed E-state index contributed by atoms with van der Waals surface area (Å²) < 4.78 is 83.2. The normalized spacial score (nSPS) is 12.4. The maximum absolute atomic E-state index is 13.8. The van der Waals surface area contributed by atoms with E-state index in [4.69, 9.17) is 11.6 Å². The molecule has 13 heteroatoms. The Hall–Kier alpha value is -2.05. The third-order valence-electron chi connectivity index (χ3n) is 3.23. The highest BCUT2D eigenvalue weighted by Crippen LogP contribution is 2.36. The first-order valence-corrected chi connectivity index (χ1v) is 9.52. The van der Waals surface area contributed by atoms with Gasteiger partial charge in [-0.15, -0.1) is 13.2 Å². The predicted molar refractivity (Wildman–Crippen MR) is 91.8 cm³/mol. The molecule has 0 unspecified atom stereocenters. The Kier molecular flexibility index (Phi) is 4.99. The van der Waals surface area contributed by atoms with Crippen molar-refractivity contribution >= 4 is 48.8 Å². The molecular formula is C14H7BrClF4N3O3S. The highest BCUT2D eigenvalue weighted by Gasteiger charge is 2.33. The number of alkyl halides is 3. The maximum atomic E-state index is 13.8. The number of pyridine rings is 1. The minimum absolute atomic E-state index is 0.114. The molecule has 144 valence electrons. The lowest BCUT2D eigenvalue weighted by molar-refractivity contribution is -0.274. The molecule has 6 nitrogen and oxygen atoms in total. The van der Waals surface area contributed by atoms with Gasteiger partial charge in [0.15, 0.2) is 5.75 Å². The quantitative estimate of drug-likeness (QED) is 0.546. The zero-order chi connectivity index (χ0) is 20.0. The summed E-state index contributed by atoms with van der Waals surface area (Å²) >= 11 is 8.51. The largest absolute Gasteiger partial charge is 0.573 e. The summed E-state index contributed by atoms with van der Waals surface area (Å²) in [4.78, 5) is -0.347. The number of sulfonamides is 1. The SMILES string of the molecule is O=S(=O)(Nc1cc(F)c(Br)cc1OC(F)(F)F)c1cnn2cc(Cl)ccc12. The molecule has 1 N–H and O–H groups in total. The first-order valence-electron chi connectivity index (χ1n) is 6.87. The molecule has 2 heterocycles. The Labute approximate surface area is 162 Å². The van der Waals surface area contributed by atoms with Crippen molar-refractivity contribution in [3.05, 3.63) is 52.0 Å². The molecule has 0 atom stereocenters. The molecule has 0 radical (unpaired) electrons. The standard InChI is InChI=1S/C14H7BrClF4N3O3S/c15-8-3-12(26-14(18,19)20)10(4-9(8)17)22-27(24,25)13-5-21-23-6-7(16)1-2-11(13)23/h1-6,22H. The van der Waals surface area contributed by atoms with Crippen molar-refractivity contribution in [2.45, 2.75) is 11.3 Å². The number of hydrogen-bond acceptors (Lipinski definition) is 4. The molecule has 0 aliphatic carbocycles. The van der Waals surface area contributed by atoms with Crippen LogP contribution >= 0.6 is 27.5 Å². The van der Waals surface area contributed by atoms with Gasteiger partial charge >= 0.3 is 6.36 Å². The summed E-state index contributed by atoms with van der Waals surface area (Å²) in [6.07, 6.45) is -2.79. The first kappa shape index (κ1) is 19.7. The van der Waals surface area contributed by atoms with Gasteiger partial charge in [0.1, 0.15) is 10.7 Å². The monoisotopic (exact) mass is 487 g/mol. The van der Waals surface area contributed by atoms with Crippen molar-refractivity contribution in [1.29, 1.82) is 0 Å². The minimum Gasteiger partial charge on any atom is -0.403 e. The minimum atomic E-state index is -5.11. The van der Waals surface area contributed by atoms with Crippen LogP contribution in [0, 0.1) is 5.82 Å². The van der Waals surface area contributed by atoms with E-state index in [9.17, 15) is 26.0 Å². The smallest absolute Gasteiger partial charge is 0.403 e. The van der Waals surface area contributed by atoms with E-state index in [2.05, 4.69) is 25.8 Å². The van der Waals surface area contributed by atoms with Gasteiger partial charge in [0, 0.05) is 12.3 Å². The number of rotatable bonds is 4. The number of ether oxygens (including phenoxy) is 1. The number of fused-ring (bicyclic) bond motifs is 1. The molecule has 0 bridgehead atoms. The molecular weight excluding hydrogens is 482 g/mol.